The van der Waals surface area contributed by atoms with E-state index in [0.717, 1.165) is 6.42 Å². The van der Waals surface area contributed by atoms with E-state index in [1.807, 2.05) is 32.9 Å². The summed E-state index contributed by atoms with van der Waals surface area (Å²) >= 11 is 0. The van der Waals surface area contributed by atoms with Gasteiger partial charge in [0.2, 0.25) is 0 Å². The Kier molecular flexibility index (Phi) is 2.91. The zero-order valence-electron chi connectivity index (χ0n) is 8.50. The van der Waals surface area contributed by atoms with E-state index in [4.69, 9.17) is 4.74 Å². The molecule has 1 rings (SSSR count). The molecule has 0 fully saturated rings. The van der Waals surface area contributed by atoms with Gasteiger partial charge in [0.25, 0.3) is 0 Å². The van der Waals surface area contributed by atoms with Crippen LogP contribution in [0.5, 0.6) is 0 Å². The van der Waals surface area contributed by atoms with Crippen LogP contribution in [0.2, 0.25) is 0 Å². The second kappa shape index (κ2) is 3.77. The molecule has 0 amide bonds. The van der Waals surface area contributed by atoms with E-state index in [-0.39, 0.29) is 11.4 Å². The molecule has 0 heterocycles. The van der Waals surface area contributed by atoms with Crippen LogP contribution >= 0.6 is 0 Å². The molecule has 0 aromatic rings. The van der Waals surface area contributed by atoms with Crippen molar-refractivity contribution in [3.8, 4) is 0 Å². The van der Waals surface area contributed by atoms with Crippen molar-refractivity contribution in [1.82, 2.24) is 0 Å². The van der Waals surface area contributed by atoms with Crippen molar-refractivity contribution in [2.24, 2.45) is 5.41 Å². The molecule has 1 N–H and O–H groups in total. The molecular weight excluding hydrogens is 164 g/mol. The summed E-state index contributed by atoms with van der Waals surface area (Å²) in [5, 5.41) is 0. The molecule has 2 heteroatoms. The number of rotatable bonds is 2. The van der Waals surface area contributed by atoms with Crippen LogP contribution in [-0.2, 0) is 4.74 Å². The van der Waals surface area contributed by atoms with Gasteiger partial charge in [-0.3, -0.25) is 0 Å². The lowest BCUT2D eigenvalue weighted by Gasteiger charge is -2.19. The lowest BCUT2D eigenvalue weighted by Crippen LogP contribution is -2.28. The third-order valence-corrected chi connectivity index (χ3v) is 2.33. The summed E-state index contributed by atoms with van der Waals surface area (Å²) in [6.45, 7) is 6.40. The van der Waals surface area contributed by atoms with Crippen molar-refractivity contribution in [3.05, 3.63) is 23.8 Å². The van der Waals surface area contributed by atoms with Crippen molar-refractivity contribution in [2.75, 3.05) is 6.61 Å². The van der Waals surface area contributed by atoms with Gasteiger partial charge in [0.1, 0.15) is 5.41 Å². The fourth-order valence-corrected chi connectivity index (χ4v) is 1.28. The SMILES string of the molecule is CCOC(=[OH+])[C@@]1(C)C=CC(C)=CC1. The lowest BCUT2D eigenvalue weighted by molar-refractivity contribution is 0.244. The molecule has 1 aliphatic rings. The molecule has 0 unspecified atom stereocenters. The molecule has 13 heavy (non-hydrogen) atoms. The Morgan fingerprint density at radius 2 is 2.38 bits per heavy atom. The fraction of sp³-hybridized carbons (Fsp3) is 0.545. The second-order valence-electron chi connectivity index (χ2n) is 3.64. The van der Waals surface area contributed by atoms with Gasteiger partial charge in [-0.2, -0.15) is 0 Å². The Hall–Kier alpha value is -1.05. The minimum atomic E-state index is -0.338. The van der Waals surface area contributed by atoms with Crippen molar-refractivity contribution >= 4 is 5.97 Å². The van der Waals surface area contributed by atoms with Crippen LogP contribution in [0.15, 0.2) is 23.8 Å². The van der Waals surface area contributed by atoms with Gasteiger partial charge in [-0.1, -0.05) is 23.8 Å². The van der Waals surface area contributed by atoms with Gasteiger partial charge in [-0.15, -0.1) is 0 Å². The number of hydrogen-bond donors (Lipinski definition) is 0. The maximum atomic E-state index is 9.63. The van der Waals surface area contributed by atoms with Gasteiger partial charge in [0, 0.05) is 0 Å². The van der Waals surface area contributed by atoms with E-state index < -0.39 is 0 Å². The average molecular weight is 181 g/mol. The third kappa shape index (κ3) is 2.20. The standard InChI is InChI=1S/C11H16O2/c1-4-13-10(12)11(3)7-5-9(2)6-8-11/h5-7H,4,8H2,1-3H3/p+1/t11-/m0/s1. The molecule has 0 aliphatic heterocycles. The van der Waals surface area contributed by atoms with Gasteiger partial charge in [0.15, 0.2) is 6.61 Å². The maximum Gasteiger partial charge on any atom is 0.493 e. The first-order chi connectivity index (χ1) is 6.08. The highest BCUT2D eigenvalue weighted by Crippen LogP contribution is 2.30. The predicted molar refractivity (Wildman–Crippen MR) is 54.2 cm³/mol. The van der Waals surface area contributed by atoms with Gasteiger partial charge < -0.3 is 9.53 Å². The van der Waals surface area contributed by atoms with Crippen LogP contribution < -0.4 is 0 Å². The van der Waals surface area contributed by atoms with E-state index >= 15 is 0 Å². The largest absolute Gasteiger partial charge is 0.493 e. The zero-order valence-corrected chi connectivity index (χ0v) is 8.50. The third-order valence-electron chi connectivity index (χ3n) is 2.33. The smallest absolute Gasteiger partial charge is 0.338 e. The molecule has 0 saturated carbocycles. The number of ether oxygens (including phenoxy) is 1. The normalized spacial score (nSPS) is 26.8. The Morgan fingerprint density at radius 1 is 1.69 bits per heavy atom. The zero-order chi connectivity index (χ0) is 9.90. The summed E-state index contributed by atoms with van der Waals surface area (Å²) in [4.78, 5) is 9.63. The van der Waals surface area contributed by atoms with E-state index in [0.29, 0.717) is 6.61 Å². The highest BCUT2D eigenvalue weighted by Gasteiger charge is 2.38. The first-order valence-corrected chi connectivity index (χ1v) is 4.63. The molecule has 1 aliphatic carbocycles. The van der Waals surface area contributed by atoms with Crippen molar-refractivity contribution < 1.29 is 9.53 Å². The second-order valence-corrected chi connectivity index (χ2v) is 3.64. The Morgan fingerprint density at radius 3 is 2.85 bits per heavy atom. The quantitative estimate of drug-likeness (QED) is 0.475. The molecule has 2 nitrogen and oxygen atoms in total. The van der Waals surface area contributed by atoms with Crippen LogP contribution in [0.4, 0.5) is 0 Å². The summed E-state index contributed by atoms with van der Waals surface area (Å²) < 4.78 is 5.11. The predicted octanol–water partition coefficient (Wildman–Crippen LogP) is 2.44. The highest BCUT2D eigenvalue weighted by atomic mass is 16.5. The van der Waals surface area contributed by atoms with Crippen molar-refractivity contribution in [2.45, 2.75) is 27.2 Å². The minimum absolute atomic E-state index is 0.120. The number of hydrogen-bond acceptors (Lipinski definition) is 1. The van der Waals surface area contributed by atoms with Crippen molar-refractivity contribution in [1.29, 1.82) is 0 Å². The van der Waals surface area contributed by atoms with Crippen LogP contribution in [0.3, 0.4) is 0 Å². The lowest BCUT2D eigenvalue weighted by atomic mass is 9.82. The minimum Gasteiger partial charge on any atom is -0.338 e. The van der Waals surface area contributed by atoms with E-state index in [9.17, 15) is 4.79 Å². The van der Waals surface area contributed by atoms with Gasteiger partial charge in [-0.05, 0) is 27.2 Å². The molecule has 1 atom stereocenters. The summed E-state index contributed by atoms with van der Waals surface area (Å²) in [7, 11) is 0. The molecule has 0 bridgehead atoms. The van der Waals surface area contributed by atoms with Gasteiger partial charge in [0.05, 0.1) is 0 Å². The van der Waals surface area contributed by atoms with Crippen molar-refractivity contribution in [3.63, 3.8) is 0 Å². The van der Waals surface area contributed by atoms with E-state index in [1.165, 1.54) is 5.57 Å². The molecular formula is C11H17O2+. The van der Waals surface area contributed by atoms with Crippen LogP contribution in [0, 0.1) is 5.41 Å². The Balaban J connectivity index is 2.70. The molecule has 0 spiro atoms. The van der Waals surface area contributed by atoms with Gasteiger partial charge >= 0.3 is 5.97 Å². The maximum absolute atomic E-state index is 9.63. The molecule has 0 radical (unpaired) electrons. The van der Waals surface area contributed by atoms with Crippen LogP contribution in [-0.4, -0.2) is 17.4 Å². The van der Waals surface area contributed by atoms with E-state index in [2.05, 4.69) is 6.08 Å². The average Bonchev–Trinajstić information content (AvgIpc) is 2.11. The summed E-state index contributed by atoms with van der Waals surface area (Å²) in [6, 6.07) is 0. The first-order valence-electron chi connectivity index (χ1n) is 4.63. The van der Waals surface area contributed by atoms with Gasteiger partial charge in [-0.25, -0.2) is 0 Å². The first kappa shape index (κ1) is 10.0. The number of allylic oxidation sites excluding steroid dienone is 3. The number of carbonyl (C=O) groups excluding carboxylic acids is 1. The molecule has 0 aromatic carbocycles. The fourth-order valence-electron chi connectivity index (χ4n) is 1.28. The Labute approximate surface area is 79.3 Å². The molecule has 0 saturated heterocycles. The Bertz CT molecular complexity index is 263. The monoisotopic (exact) mass is 181 g/mol. The summed E-state index contributed by atoms with van der Waals surface area (Å²) in [5.41, 5.74) is 0.900. The molecule has 72 valence electrons. The van der Waals surface area contributed by atoms with Crippen LogP contribution in [0.25, 0.3) is 0 Å². The topological polar surface area (TPSA) is 30.6 Å². The number of esters is 1. The molecule has 0 aromatic heterocycles. The highest BCUT2D eigenvalue weighted by molar-refractivity contribution is 5.80. The summed E-state index contributed by atoms with van der Waals surface area (Å²) in [6.07, 6.45) is 6.92. The van der Waals surface area contributed by atoms with Crippen LogP contribution in [0.1, 0.15) is 27.2 Å². The summed E-state index contributed by atoms with van der Waals surface area (Å²) in [5.74, 6) is 0.120. The van der Waals surface area contributed by atoms with E-state index in [1.54, 1.807) is 0 Å².